The molecule has 0 aliphatic rings. The summed E-state index contributed by atoms with van der Waals surface area (Å²) in [6.07, 6.45) is 4.27. The number of hydrogen-bond donors (Lipinski definition) is 1. The number of aromatic nitrogens is 4. The summed E-state index contributed by atoms with van der Waals surface area (Å²) in [5.41, 5.74) is 3.22. The van der Waals surface area contributed by atoms with Crippen LogP contribution >= 0.6 is 0 Å². The minimum atomic E-state index is 0.806. The van der Waals surface area contributed by atoms with Crippen molar-refractivity contribution in [2.45, 2.75) is 13.3 Å². The molecule has 5 heteroatoms. The molecule has 0 aliphatic carbocycles. The zero-order valence-electron chi connectivity index (χ0n) is 10.7. The molecule has 0 unspecified atom stereocenters. The SMILES string of the molecule is Cc1ccc(NCCc2nnc3ccncn23)cc1. The summed E-state index contributed by atoms with van der Waals surface area (Å²) in [5.74, 6) is 0.919. The van der Waals surface area contributed by atoms with E-state index in [2.05, 4.69) is 51.7 Å². The third-order valence-electron chi connectivity index (χ3n) is 3.01. The molecule has 0 spiro atoms. The second-order valence-electron chi connectivity index (χ2n) is 4.47. The summed E-state index contributed by atoms with van der Waals surface area (Å²) in [7, 11) is 0. The lowest BCUT2D eigenvalue weighted by Crippen LogP contribution is -2.07. The molecule has 1 aromatic carbocycles. The molecule has 0 aliphatic heterocycles. The first-order chi connectivity index (χ1) is 9.33. The van der Waals surface area contributed by atoms with E-state index in [4.69, 9.17) is 0 Å². The van der Waals surface area contributed by atoms with Crippen molar-refractivity contribution in [3.63, 3.8) is 0 Å². The van der Waals surface area contributed by atoms with Crippen molar-refractivity contribution in [1.82, 2.24) is 19.6 Å². The molecule has 19 heavy (non-hydrogen) atoms. The third-order valence-corrected chi connectivity index (χ3v) is 3.01. The summed E-state index contributed by atoms with van der Waals surface area (Å²) in [5, 5.41) is 11.6. The highest BCUT2D eigenvalue weighted by Crippen LogP contribution is 2.09. The molecule has 0 radical (unpaired) electrons. The highest BCUT2D eigenvalue weighted by atomic mass is 15.3. The van der Waals surface area contributed by atoms with Crippen molar-refractivity contribution >= 4 is 11.3 Å². The fourth-order valence-corrected chi connectivity index (χ4v) is 1.95. The van der Waals surface area contributed by atoms with E-state index in [1.165, 1.54) is 5.56 Å². The molecule has 0 atom stereocenters. The predicted molar refractivity (Wildman–Crippen MR) is 74.2 cm³/mol. The lowest BCUT2D eigenvalue weighted by atomic mass is 10.2. The summed E-state index contributed by atoms with van der Waals surface area (Å²) in [4.78, 5) is 4.08. The van der Waals surface area contributed by atoms with Gasteiger partial charge in [0.05, 0.1) is 0 Å². The largest absolute Gasteiger partial charge is 0.385 e. The first-order valence-electron chi connectivity index (χ1n) is 6.27. The van der Waals surface area contributed by atoms with Gasteiger partial charge in [0, 0.05) is 30.9 Å². The van der Waals surface area contributed by atoms with Crippen molar-refractivity contribution in [1.29, 1.82) is 0 Å². The maximum absolute atomic E-state index is 4.17. The van der Waals surface area contributed by atoms with Gasteiger partial charge in [-0.05, 0) is 19.1 Å². The van der Waals surface area contributed by atoms with Crippen LogP contribution in [-0.2, 0) is 6.42 Å². The standard InChI is InChI=1S/C14H15N5/c1-11-2-4-12(5-3-11)16-9-7-14-18-17-13-6-8-15-10-19(13)14/h2-6,8,10,16H,7,9H2,1H3. The van der Waals surface area contributed by atoms with E-state index in [0.29, 0.717) is 0 Å². The van der Waals surface area contributed by atoms with Crippen LogP contribution in [0.4, 0.5) is 5.69 Å². The Hall–Kier alpha value is -2.43. The van der Waals surface area contributed by atoms with Gasteiger partial charge in [-0.15, -0.1) is 10.2 Å². The lowest BCUT2D eigenvalue weighted by molar-refractivity contribution is 0.862. The van der Waals surface area contributed by atoms with Gasteiger partial charge in [0.25, 0.3) is 0 Å². The van der Waals surface area contributed by atoms with Crippen molar-refractivity contribution in [3.8, 4) is 0 Å². The van der Waals surface area contributed by atoms with Gasteiger partial charge in [-0.25, -0.2) is 4.98 Å². The smallest absolute Gasteiger partial charge is 0.163 e. The van der Waals surface area contributed by atoms with Crippen LogP contribution in [0.15, 0.2) is 42.9 Å². The van der Waals surface area contributed by atoms with E-state index in [9.17, 15) is 0 Å². The molecule has 3 aromatic rings. The zero-order valence-corrected chi connectivity index (χ0v) is 10.7. The molecular formula is C14H15N5. The van der Waals surface area contributed by atoms with E-state index < -0.39 is 0 Å². The number of hydrogen-bond acceptors (Lipinski definition) is 4. The van der Waals surface area contributed by atoms with Crippen molar-refractivity contribution in [2.24, 2.45) is 0 Å². The molecule has 2 aromatic heterocycles. The van der Waals surface area contributed by atoms with Crippen LogP contribution < -0.4 is 5.32 Å². The Bertz CT molecular complexity index is 672. The number of benzene rings is 1. The van der Waals surface area contributed by atoms with Crippen LogP contribution in [0.5, 0.6) is 0 Å². The lowest BCUT2D eigenvalue weighted by Gasteiger charge is -2.05. The van der Waals surface area contributed by atoms with E-state index in [1.54, 1.807) is 12.5 Å². The van der Waals surface area contributed by atoms with Crippen LogP contribution in [-0.4, -0.2) is 26.1 Å². The van der Waals surface area contributed by atoms with E-state index >= 15 is 0 Å². The number of aryl methyl sites for hydroxylation is 1. The monoisotopic (exact) mass is 253 g/mol. The topological polar surface area (TPSA) is 55.1 Å². The zero-order chi connectivity index (χ0) is 13.1. The quantitative estimate of drug-likeness (QED) is 0.773. The van der Waals surface area contributed by atoms with Crippen LogP contribution in [0, 0.1) is 6.92 Å². The molecule has 0 saturated carbocycles. The minimum absolute atomic E-state index is 0.806. The van der Waals surface area contributed by atoms with Crippen molar-refractivity contribution in [2.75, 3.05) is 11.9 Å². The van der Waals surface area contributed by atoms with Gasteiger partial charge < -0.3 is 5.32 Å². The van der Waals surface area contributed by atoms with E-state index in [-0.39, 0.29) is 0 Å². The van der Waals surface area contributed by atoms with Crippen LogP contribution in [0.25, 0.3) is 5.65 Å². The highest BCUT2D eigenvalue weighted by molar-refractivity contribution is 5.44. The molecule has 0 saturated heterocycles. The van der Waals surface area contributed by atoms with Gasteiger partial charge in [-0.2, -0.15) is 0 Å². The maximum Gasteiger partial charge on any atom is 0.163 e. The van der Waals surface area contributed by atoms with Crippen LogP contribution in [0.2, 0.25) is 0 Å². The van der Waals surface area contributed by atoms with Gasteiger partial charge in [0.15, 0.2) is 5.65 Å². The van der Waals surface area contributed by atoms with Crippen LogP contribution in [0.1, 0.15) is 11.4 Å². The Morgan fingerprint density at radius 3 is 2.79 bits per heavy atom. The molecule has 0 amide bonds. The molecular weight excluding hydrogens is 238 g/mol. The Morgan fingerprint density at radius 2 is 1.95 bits per heavy atom. The second kappa shape index (κ2) is 5.06. The molecule has 1 N–H and O–H groups in total. The van der Waals surface area contributed by atoms with Crippen LogP contribution in [0.3, 0.4) is 0 Å². The Labute approximate surface area is 111 Å². The maximum atomic E-state index is 4.17. The Balaban J connectivity index is 1.65. The number of fused-ring (bicyclic) bond motifs is 1. The minimum Gasteiger partial charge on any atom is -0.385 e. The van der Waals surface area contributed by atoms with Gasteiger partial charge in [0.1, 0.15) is 12.2 Å². The number of nitrogens with zero attached hydrogens (tertiary/aromatic N) is 4. The summed E-state index contributed by atoms with van der Waals surface area (Å²) in [6.45, 7) is 2.90. The molecule has 3 rings (SSSR count). The van der Waals surface area contributed by atoms with Gasteiger partial charge in [0.2, 0.25) is 0 Å². The Kier molecular flexibility index (Phi) is 3.10. The molecule has 5 nitrogen and oxygen atoms in total. The average Bonchev–Trinajstić information content (AvgIpc) is 2.85. The number of anilines is 1. The van der Waals surface area contributed by atoms with E-state index in [1.807, 2.05) is 10.5 Å². The summed E-state index contributed by atoms with van der Waals surface area (Å²) < 4.78 is 1.91. The Morgan fingerprint density at radius 1 is 1.11 bits per heavy atom. The molecule has 0 fully saturated rings. The van der Waals surface area contributed by atoms with Crippen molar-refractivity contribution in [3.05, 3.63) is 54.2 Å². The molecule has 96 valence electrons. The number of rotatable bonds is 4. The summed E-state index contributed by atoms with van der Waals surface area (Å²) >= 11 is 0. The summed E-state index contributed by atoms with van der Waals surface area (Å²) in [6, 6.07) is 10.2. The highest BCUT2D eigenvalue weighted by Gasteiger charge is 2.04. The van der Waals surface area contributed by atoms with Gasteiger partial charge >= 0.3 is 0 Å². The van der Waals surface area contributed by atoms with Gasteiger partial charge in [-0.3, -0.25) is 4.40 Å². The molecule has 2 heterocycles. The van der Waals surface area contributed by atoms with E-state index in [0.717, 1.165) is 30.1 Å². The average molecular weight is 253 g/mol. The first-order valence-corrected chi connectivity index (χ1v) is 6.27. The predicted octanol–water partition coefficient (Wildman–Crippen LogP) is 2.09. The second-order valence-corrected chi connectivity index (χ2v) is 4.47. The fraction of sp³-hybridized carbons (Fsp3) is 0.214. The third kappa shape index (κ3) is 2.54. The molecule has 0 bridgehead atoms. The number of nitrogens with one attached hydrogen (secondary N) is 1. The normalized spacial score (nSPS) is 10.8. The van der Waals surface area contributed by atoms with Gasteiger partial charge in [-0.1, -0.05) is 17.7 Å². The first kappa shape index (κ1) is 11.6. The fourth-order valence-electron chi connectivity index (χ4n) is 1.95. The van der Waals surface area contributed by atoms with Crippen molar-refractivity contribution < 1.29 is 0 Å².